The molecule has 2 rings (SSSR count). The third-order valence-corrected chi connectivity index (χ3v) is 2.15. The lowest BCUT2D eigenvalue weighted by Gasteiger charge is -1.96. The molecule has 0 atom stereocenters. The first-order chi connectivity index (χ1) is 5.75. The van der Waals surface area contributed by atoms with Crippen molar-refractivity contribution in [1.82, 2.24) is 9.97 Å². The summed E-state index contributed by atoms with van der Waals surface area (Å²) in [5, 5.41) is 1.52. The number of fused-ring (bicyclic) bond motifs is 1. The molecule has 0 unspecified atom stereocenters. The van der Waals surface area contributed by atoms with Gasteiger partial charge in [-0.2, -0.15) is 0 Å². The molecule has 2 aromatic rings. The van der Waals surface area contributed by atoms with Gasteiger partial charge in [0.2, 0.25) is 0 Å². The Bertz CT molecular complexity index is 389. The van der Waals surface area contributed by atoms with Crippen molar-refractivity contribution < 1.29 is 0 Å². The van der Waals surface area contributed by atoms with Crippen molar-refractivity contribution in [3.63, 3.8) is 0 Å². The molecule has 0 aliphatic rings. The highest BCUT2D eigenvalue weighted by Crippen LogP contribution is 2.17. The summed E-state index contributed by atoms with van der Waals surface area (Å²) in [6.45, 7) is 0. The number of nitrogens with zero attached hydrogens (tertiary/aromatic N) is 2. The fourth-order valence-electron chi connectivity index (χ4n) is 0.975. The Morgan fingerprint density at radius 3 is 3.00 bits per heavy atom. The summed E-state index contributed by atoms with van der Waals surface area (Å²) in [7, 11) is 0. The average molecular weight is 243 g/mol. The lowest BCUT2D eigenvalue weighted by molar-refractivity contribution is 1.27. The molecule has 2 heterocycles. The predicted octanol–water partition coefficient (Wildman–Crippen LogP) is 3.05. The van der Waals surface area contributed by atoms with E-state index >= 15 is 0 Å². The minimum absolute atomic E-state index is 0.492. The van der Waals surface area contributed by atoms with Crippen molar-refractivity contribution in [2.75, 3.05) is 0 Å². The molecule has 0 amide bonds. The van der Waals surface area contributed by atoms with E-state index in [4.69, 9.17) is 11.6 Å². The molecule has 0 radical (unpaired) electrons. The van der Waals surface area contributed by atoms with Gasteiger partial charge < -0.3 is 0 Å². The molecule has 60 valence electrons. The summed E-state index contributed by atoms with van der Waals surface area (Å²) < 4.78 is 0.805. The van der Waals surface area contributed by atoms with Gasteiger partial charge in [0.1, 0.15) is 9.76 Å². The van der Waals surface area contributed by atoms with Gasteiger partial charge in [0.15, 0.2) is 0 Å². The van der Waals surface area contributed by atoms with Gasteiger partial charge in [-0.25, -0.2) is 9.97 Å². The van der Waals surface area contributed by atoms with E-state index in [9.17, 15) is 0 Å². The second kappa shape index (κ2) is 2.99. The normalized spacial score (nSPS) is 10.5. The van der Waals surface area contributed by atoms with Crippen LogP contribution in [0.1, 0.15) is 0 Å². The average Bonchev–Trinajstić information content (AvgIpc) is 2.05. The topological polar surface area (TPSA) is 25.8 Å². The monoisotopic (exact) mass is 242 g/mol. The Balaban J connectivity index is 2.79. The van der Waals surface area contributed by atoms with Gasteiger partial charge in [0.05, 0.1) is 11.7 Å². The molecular formula is C8H4BrClN2. The Hall–Kier alpha value is -0.670. The van der Waals surface area contributed by atoms with Crippen LogP contribution in [0, 0.1) is 0 Å². The highest BCUT2D eigenvalue weighted by Gasteiger charge is 1.96. The molecule has 0 fully saturated rings. The van der Waals surface area contributed by atoms with Crippen LogP contribution in [-0.2, 0) is 0 Å². The van der Waals surface area contributed by atoms with E-state index in [1.807, 2.05) is 12.1 Å². The zero-order valence-electron chi connectivity index (χ0n) is 5.96. The largest absolute Gasteiger partial charge is 0.247 e. The van der Waals surface area contributed by atoms with Crippen LogP contribution in [0.4, 0.5) is 0 Å². The SMILES string of the molecule is Clc1ccc2cc(Br)ncc2n1. The van der Waals surface area contributed by atoms with E-state index in [1.54, 1.807) is 12.3 Å². The van der Waals surface area contributed by atoms with Gasteiger partial charge >= 0.3 is 0 Å². The fraction of sp³-hybridized carbons (Fsp3) is 0. The van der Waals surface area contributed by atoms with Gasteiger partial charge in [0.25, 0.3) is 0 Å². The molecular weight excluding hydrogens is 239 g/mol. The van der Waals surface area contributed by atoms with E-state index in [-0.39, 0.29) is 0 Å². The van der Waals surface area contributed by atoms with Gasteiger partial charge in [-0.05, 0) is 34.1 Å². The zero-order valence-corrected chi connectivity index (χ0v) is 8.30. The molecule has 0 aromatic carbocycles. The Morgan fingerprint density at radius 2 is 2.17 bits per heavy atom. The maximum absolute atomic E-state index is 5.71. The highest BCUT2D eigenvalue weighted by molar-refractivity contribution is 9.10. The van der Waals surface area contributed by atoms with E-state index in [1.165, 1.54) is 0 Å². The second-order valence-electron chi connectivity index (χ2n) is 2.33. The summed E-state index contributed by atoms with van der Waals surface area (Å²) in [5.74, 6) is 0. The molecule has 4 heteroatoms. The van der Waals surface area contributed by atoms with Crippen molar-refractivity contribution in [2.45, 2.75) is 0 Å². The predicted molar refractivity (Wildman–Crippen MR) is 52.2 cm³/mol. The minimum Gasteiger partial charge on any atom is -0.247 e. The Labute approximate surface area is 82.7 Å². The summed E-state index contributed by atoms with van der Waals surface area (Å²) in [6, 6.07) is 5.58. The van der Waals surface area contributed by atoms with Gasteiger partial charge in [0, 0.05) is 5.39 Å². The van der Waals surface area contributed by atoms with Gasteiger partial charge in [-0.3, -0.25) is 0 Å². The molecule has 2 nitrogen and oxygen atoms in total. The molecule has 12 heavy (non-hydrogen) atoms. The van der Waals surface area contributed by atoms with E-state index < -0.39 is 0 Å². The Kier molecular flexibility index (Phi) is 1.98. The Morgan fingerprint density at radius 1 is 1.33 bits per heavy atom. The van der Waals surface area contributed by atoms with Crippen molar-refractivity contribution in [1.29, 1.82) is 0 Å². The third kappa shape index (κ3) is 1.42. The fourth-order valence-corrected chi connectivity index (χ4v) is 1.48. The third-order valence-electron chi connectivity index (χ3n) is 1.51. The first kappa shape index (κ1) is 7.95. The number of pyridine rings is 2. The molecule has 0 N–H and O–H groups in total. The van der Waals surface area contributed by atoms with E-state index in [0.717, 1.165) is 15.5 Å². The van der Waals surface area contributed by atoms with Gasteiger partial charge in [-0.1, -0.05) is 11.6 Å². The first-order valence-electron chi connectivity index (χ1n) is 3.33. The molecule has 0 saturated heterocycles. The standard InChI is InChI=1S/C8H4BrClN2/c9-7-3-5-1-2-8(10)12-6(5)4-11-7/h1-4H. The van der Waals surface area contributed by atoms with Crippen LogP contribution >= 0.6 is 27.5 Å². The number of hydrogen-bond acceptors (Lipinski definition) is 2. The van der Waals surface area contributed by atoms with Crippen molar-refractivity contribution in [2.24, 2.45) is 0 Å². The van der Waals surface area contributed by atoms with Crippen molar-refractivity contribution in [3.8, 4) is 0 Å². The molecule has 0 bridgehead atoms. The van der Waals surface area contributed by atoms with Gasteiger partial charge in [-0.15, -0.1) is 0 Å². The number of hydrogen-bond donors (Lipinski definition) is 0. The summed E-state index contributed by atoms with van der Waals surface area (Å²) >= 11 is 8.99. The maximum atomic E-state index is 5.71. The van der Waals surface area contributed by atoms with Crippen LogP contribution in [0.15, 0.2) is 29.0 Å². The second-order valence-corrected chi connectivity index (χ2v) is 3.53. The maximum Gasteiger partial charge on any atom is 0.129 e. The summed E-state index contributed by atoms with van der Waals surface area (Å²) in [6.07, 6.45) is 1.69. The van der Waals surface area contributed by atoms with Crippen LogP contribution in [0.25, 0.3) is 10.9 Å². The summed E-state index contributed by atoms with van der Waals surface area (Å²) in [5.41, 5.74) is 0.811. The van der Waals surface area contributed by atoms with Crippen LogP contribution in [-0.4, -0.2) is 9.97 Å². The lowest BCUT2D eigenvalue weighted by atomic mass is 10.3. The molecule has 0 aliphatic carbocycles. The lowest BCUT2D eigenvalue weighted by Crippen LogP contribution is -1.81. The quantitative estimate of drug-likeness (QED) is 0.665. The highest BCUT2D eigenvalue weighted by atomic mass is 79.9. The van der Waals surface area contributed by atoms with Crippen LogP contribution < -0.4 is 0 Å². The van der Waals surface area contributed by atoms with Crippen LogP contribution in [0.3, 0.4) is 0 Å². The number of halogens is 2. The molecule has 2 aromatic heterocycles. The van der Waals surface area contributed by atoms with E-state index in [2.05, 4.69) is 25.9 Å². The van der Waals surface area contributed by atoms with Crippen LogP contribution in [0.2, 0.25) is 5.15 Å². The summed E-state index contributed by atoms with van der Waals surface area (Å²) in [4.78, 5) is 8.14. The number of aromatic nitrogens is 2. The molecule has 0 spiro atoms. The van der Waals surface area contributed by atoms with Crippen molar-refractivity contribution in [3.05, 3.63) is 34.2 Å². The van der Waals surface area contributed by atoms with Crippen molar-refractivity contribution >= 4 is 38.4 Å². The minimum atomic E-state index is 0.492. The first-order valence-corrected chi connectivity index (χ1v) is 4.50. The molecule has 0 saturated carbocycles. The van der Waals surface area contributed by atoms with E-state index in [0.29, 0.717) is 5.15 Å². The zero-order chi connectivity index (χ0) is 8.55. The number of rotatable bonds is 0. The smallest absolute Gasteiger partial charge is 0.129 e. The van der Waals surface area contributed by atoms with Crippen LogP contribution in [0.5, 0.6) is 0 Å². The molecule has 0 aliphatic heterocycles.